The SMILES string of the molecule is O=Cc1ncc(Br)cc1OCc1cc(Cl)cc(C(F)(F)F)c1. The van der Waals surface area contributed by atoms with E-state index in [4.69, 9.17) is 16.3 Å². The molecule has 8 heteroatoms. The Kier molecular flexibility index (Phi) is 5.08. The summed E-state index contributed by atoms with van der Waals surface area (Å²) in [7, 11) is 0. The van der Waals surface area contributed by atoms with Gasteiger partial charge in [-0.05, 0) is 45.8 Å². The summed E-state index contributed by atoms with van der Waals surface area (Å²) in [6.45, 7) is -0.178. The molecule has 0 bridgehead atoms. The van der Waals surface area contributed by atoms with Gasteiger partial charge in [0, 0.05) is 15.7 Å². The zero-order chi connectivity index (χ0) is 16.3. The number of aldehydes is 1. The number of alkyl halides is 3. The van der Waals surface area contributed by atoms with E-state index in [9.17, 15) is 18.0 Å². The van der Waals surface area contributed by atoms with Crippen LogP contribution in [0, 0.1) is 0 Å². The highest BCUT2D eigenvalue weighted by Crippen LogP contribution is 2.32. The van der Waals surface area contributed by atoms with Crippen LogP contribution in [0.15, 0.2) is 34.9 Å². The van der Waals surface area contributed by atoms with Crippen molar-refractivity contribution < 1.29 is 22.7 Å². The Morgan fingerprint density at radius 3 is 2.64 bits per heavy atom. The van der Waals surface area contributed by atoms with Crippen molar-refractivity contribution in [1.29, 1.82) is 0 Å². The lowest BCUT2D eigenvalue weighted by molar-refractivity contribution is -0.137. The number of hydrogen-bond acceptors (Lipinski definition) is 3. The van der Waals surface area contributed by atoms with Gasteiger partial charge in [-0.15, -0.1) is 0 Å². The van der Waals surface area contributed by atoms with E-state index in [0.29, 0.717) is 10.8 Å². The molecule has 22 heavy (non-hydrogen) atoms. The predicted molar refractivity (Wildman–Crippen MR) is 78.1 cm³/mol. The number of pyridine rings is 1. The van der Waals surface area contributed by atoms with Crippen molar-refractivity contribution in [2.75, 3.05) is 0 Å². The van der Waals surface area contributed by atoms with Gasteiger partial charge in [0.05, 0.1) is 5.56 Å². The standard InChI is InChI=1S/C14H8BrClF3NO2/c15-10-4-13(12(6-21)20-5-10)22-7-8-1-9(14(17,18)19)3-11(16)2-8/h1-6H,7H2. The number of halogens is 5. The molecule has 1 aromatic carbocycles. The van der Waals surface area contributed by atoms with Crippen LogP contribution >= 0.6 is 27.5 Å². The quantitative estimate of drug-likeness (QED) is 0.692. The van der Waals surface area contributed by atoms with Gasteiger partial charge in [0.25, 0.3) is 0 Å². The maximum absolute atomic E-state index is 12.7. The van der Waals surface area contributed by atoms with Crippen LogP contribution in [0.25, 0.3) is 0 Å². The third kappa shape index (κ3) is 4.20. The summed E-state index contributed by atoms with van der Waals surface area (Å²) in [6.07, 6.45) is -2.58. The highest BCUT2D eigenvalue weighted by Gasteiger charge is 2.31. The van der Waals surface area contributed by atoms with E-state index in [1.54, 1.807) is 0 Å². The van der Waals surface area contributed by atoms with E-state index >= 15 is 0 Å². The molecule has 0 fully saturated rings. The van der Waals surface area contributed by atoms with E-state index in [1.165, 1.54) is 18.3 Å². The van der Waals surface area contributed by atoms with E-state index < -0.39 is 11.7 Å². The minimum Gasteiger partial charge on any atom is -0.486 e. The molecule has 0 aliphatic carbocycles. The van der Waals surface area contributed by atoms with Crippen LogP contribution < -0.4 is 4.74 Å². The molecule has 3 nitrogen and oxygen atoms in total. The van der Waals surface area contributed by atoms with Crippen molar-refractivity contribution >= 4 is 33.8 Å². The van der Waals surface area contributed by atoms with Crippen molar-refractivity contribution in [2.45, 2.75) is 12.8 Å². The van der Waals surface area contributed by atoms with Crippen LogP contribution in [0.4, 0.5) is 13.2 Å². The minimum absolute atomic E-state index is 0.0450. The maximum Gasteiger partial charge on any atom is 0.416 e. The molecule has 0 atom stereocenters. The fourth-order valence-electron chi connectivity index (χ4n) is 1.69. The first-order valence-corrected chi connectivity index (χ1v) is 7.07. The van der Waals surface area contributed by atoms with Gasteiger partial charge in [-0.3, -0.25) is 4.79 Å². The molecule has 0 spiro atoms. The Labute approximate surface area is 137 Å². The zero-order valence-corrected chi connectivity index (χ0v) is 13.2. The van der Waals surface area contributed by atoms with Gasteiger partial charge in [0.2, 0.25) is 0 Å². The third-order valence-electron chi connectivity index (χ3n) is 2.64. The molecule has 2 rings (SSSR count). The molecule has 2 aromatic rings. The van der Waals surface area contributed by atoms with Gasteiger partial charge in [-0.1, -0.05) is 11.6 Å². The van der Waals surface area contributed by atoms with Gasteiger partial charge < -0.3 is 4.74 Å². The minimum atomic E-state index is -4.50. The van der Waals surface area contributed by atoms with E-state index in [1.807, 2.05) is 0 Å². The average Bonchev–Trinajstić information content (AvgIpc) is 2.44. The molecule has 1 aromatic heterocycles. The first kappa shape index (κ1) is 16.8. The number of carbonyl (C=O) groups excluding carboxylic acids is 1. The molecule has 0 saturated carbocycles. The molecule has 0 radical (unpaired) electrons. The average molecular weight is 395 g/mol. The predicted octanol–water partition coefficient (Wildman–Crippen LogP) is 4.91. The van der Waals surface area contributed by atoms with Crippen LogP contribution in [0.3, 0.4) is 0 Å². The van der Waals surface area contributed by atoms with Crippen LogP contribution in [-0.4, -0.2) is 11.3 Å². The van der Waals surface area contributed by atoms with Crippen LogP contribution in [-0.2, 0) is 12.8 Å². The van der Waals surface area contributed by atoms with Crippen molar-refractivity contribution in [2.24, 2.45) is 0 Å². The lowest BCUT2D eigenvalue weighted by Gasteiger charge is -2.12. The molecular formula is C14H8BrClF3NO2. The highest BCUT2D eigenvalue weighted by atomic mass is 79.9. The fraction of sp³-hybridized carbons (Fsp3) is 0.143. The van der Waals surface area contributed by atoms with Gasteiger partial charge in [0.15, 0.2) is 6.29 Å². The zero-order valence-electron chi connectivity index (χ0n) is 10.8. The molecule has 1 heterocycles. The largest absolute Gasteiger partial charge is 0.486 e. The Morgan fingerprint density at radius 2 is 2.00 bits per heavy atom. The monoisotopic (exact) mass is 393 g/mol. The Balaban J connectivity index is 2.24. The Morgan fingerprint density at radius 1 is 1.27 bits per heavy atom. The van der Waals surface area contributed by atoms with Crippen molar-refractivity contribution in [3.05, 3.63) is 56.8 Å². The van der Waals surface area contributed by atoms with Crippen molar-refractivity contribution in [1.82, 2.24) is 4.98 Å². The Hall–Kier alpha value is -1.60. The summed E-state index contributed by atoms with van der Waals surface area (Å²) >= 11 is 8.86. The summed E-state index contributed by atoms with van der Waals surface area (Å²) in [5, 5.41) is -0.0450. The number of carbonyl (C=O) groups is 1. The number of ether oxygens (including phenoxy) is 1. The molecule has 0 saturated heterocycles. The highest BCUT2D eigenvalue weighted by molar-refractivity contribution is 9.10. The smallest absolute Gasteiger partial charge is 0.416 e. The maximum atomic E-state index is 12.7. The number of benzene rings is 1. The van der Waals surface area contributed by atoms with Crippen LogP contribution in [0.5, 0.6) is 5.75 Å². The number of hydrogen-bond donors (Lipinski definition) is 0. The van der Waals surface area contributed by atoms with E-state index in [2.05, 4.69) is 20.9 Å². The van der Waals surface area contributed by atoms with Crippen LogP contribution in [0.2, 0.25) is 5.02 Å². The van der Waals surface area contributed by atoms with Gasteiger partial charge >= 0.3 is 6.18 Å². The Bertz CT molecular complexity index is 707. The second-order valence-electron chi connectivity index (χ2n) is 4.29. The lowest BCUT2D eigenvalue weighted by Crippen LogP contribution is -2.07. The van der Waals surface area contributed by atoms with Crippen LogP contribution in [0.1, 0.15) is 21.6 Å². The summed E-state index contributed by atoms with van der Waals surface area (Å²) in [5.74, 6) is 0.165. The number of nitrogens with zero attached hydrogens (tertiary/aromatic N) is 1. The molecule has 0 unspecified atom stereocenters. The van der Waals surface area contributed by atoms with Gasteiger partial charge in [-0.2, -0.15) is 13.2 Å². The van der Waals surface area contributed by atoms with Gasteiger partial charge in [0.1, 0.15) is 18.1 Å². The fourth-order valence-corrected chi connectivity index (χ4v) is 2.26. The normalized spacial score (nSPS) is 11.3. The van der Waals surface area contributed by atoms with E-state index in [-0.39, 0.29) is 28.6 Å². The summed E-state index contributed by atoms with van der Waals surface area (Å²) in [5.41, 5.74) is -0.570. The molecule has 0 amide bonds. The summed E-state index contributed by atoms with van der Waals surface area (Å²) < 4.78 is 44.1. The first-order chi connectivity index (χ1) is 10.3. The topological polar surface area (TPSA) is 39.2 Å². The molecule has 0 N–H and O–H groups in total. The lowest BCUT2D eigenvalue weighted by atomic mass is 10.1. The first-order valence-electron chi connectivity index (χ1n) is 5.90. The number of rotatable bonds is 4. The molecule has 0 aliphatic rings. The second kappa shape index (κ2) is 6.66. The van der Waals surface area contributed by atoms with Crippen molar-refractivity contribution in [3.8, 4) is 5.75 Å². The summed E-state index contributed by atoms with van der Waals surface area (Å²) in [4.78, 5) is 14.7. The third-order valence-corrected chi connectivity index (χ3v) is 3.29. The molecule has 116 valence electrons. The molecular weight excluding hydrogens is 387 g/mol. The summed E-state index contributed by atoms with van der Waals surface area (Å²) in [6, 6.07) is 4.65. The van der Waals surface area contributed by atoms with Gasteiger partial charge in [-0.25, -0.2) is 4.98 Å². The second-order valence-corrected chi connectivity index (χ2v) is 5.64. The molecule has 0 aliphatic heterocycles. The number of aromatic nitrogens is 1. The van der Waals surface area contributed by atoms with E-state index in [0.717, 1.165) is 12.1 Å². The van der Waals surface area contributed by atoms with Crippen molar-refractivity contribution in [3.63, 3.8) is 0 Å².